The van der Waals surface area contributed by atoms with E-state index in [4.69, 9.17) is 0 Å². The summed E-state index contributed by atoms with van der Waals surface area (Å²) >= 11 is 0. The molecule has 0 radical (unpaired) electrons. The summed E-state index contributed by atoms with van der Waals surface area (Å²) in [5, 5.41) is 21.3. The fourth-order valence-electron chi connectivity index (χ4n) is 3.18. The van der Waals surface area contributed by atoms with Gasteiger partial charge in [0.05, 0.1) is 11.1 Å². The first kappa shape index (κ1) is 18.7. The third-order valence-electron chi connectivity index (χ3n) is 4.59. The molecule has 0 bridgehead atoms. The van der Waals surface area contributed by atoms with Crippen molar-refractivity contribution in [3.63, 3.8) is 0 Å². The van der Waals surface area contributed by atoms with Gasteiger partial charge >= 0.3 is 0 Å². The number of phenols is 2. The van der Waals surface area contributed by atoms with E-state index in [1.54, 1.807) is 17.2 Å². The fourth-order valence-corrected chi connectivity index (χ4v) is 3.18. The van der Waals surface area contributed by atoms with E-state index in [9.17, 15) is 15.0 Å². The molecule has 0 atom stereocenters. The average Bonchev–Trinajstić information content (AvgIpc) is 2.65. The zero-order valence-electron chi connectivity index (χ0n) is 15.8. The Kier molecular flexibility index (Phi) is 5.31. The molecule has 3 rings (SSSR count). The number of rotatable bonds is 5. The molecule has 1 amide bonds. The molecule has 3 aromatic rings. The molecule has 0 spiro atoms. The van der Waals surface area contributed by atoms with Gasteiger partial charge in [0.2, 0.25) is 0 Å². The number of carbonyl (C=O) groups excluding carboxylic acids is 1. The molecule has 0 aliphatic carbocycles. The normalized spacial score (nSPS) is 11.1. The number of phenolic OH excluding ortho intramolecular Hbond substituents is 2. The molecule has 5 nitrogen and oxygen atoms in total. The van der Waals surface area contributed by atoms with E-state index in [1.807, 2.05) is 51.1 Å². The summed E-state index contributed by atoms with van der Waals surface area (Å²) in [6.07, 6.45) is 2.51. The molecule has 2 N–H and O–H groups in total. The number of hydrogen-bond donors (Lipinski definition) is 2. The van der Waals surface area contributed by atoms with Crippen LogP contribution >= 0.6 is 0 Å². The van der Waals surface area contributed by atoms with Crippen molar-refractivity contribution < 1.29 is 15.0 Å². The molecule has 1 aromatic heterocycles. The van der Waals surface area contributed by atoms with Crippen LogP contribution in [0.4, 0.5) is 5.69 Å². The highest BCUT2D eigenvalue weighted by Gasteiger charge is 2.23. The van der Waals surface area contributed by atoms with Gasteiger partial charge in [-0.15, -0.1) is 0 Å². The molecule has 27 heavy (non-hydrogen) atoms. The van der Waals surface area contributed by atoms with Crippen molar-refractivity contribution in [3.8, 4) is 11.5 Å². The second kappa shape index (κ2) is 7.66. The van der Waals surface area contributed by atoms with E-state index in [1.165, 1.54) is 6.07 Å². The number of aromatic hydroxyl groups is 2. The number of hydrogen-bond acceptors (Lipinski definition) is 4. The molecule has 0 unspecified atom stereocenters. The van der Waals surface area contributed by atoms with E-state index in [0.29, 0.717) is 12.1 Å². The SMILES string of the molecule is CCCN(C(=O)c1cc(C(C)C)c(O)cc1O)c1ccc2ncccc2c1. The van der Waals surface area contributed by atoms with Gasteiger partial charge in [-0.3, -0.25) is 9.78 Å². The van der Waals surface area contributed by atoms with E-state index in [2.05, 4.69) is 4.98 Å². The molecular formula is C22H24N2O3. The number of carbonyl (C=O) groups is 1. The third-order valence-corrected chi connectivity index (χ3v) is 4.59. The number of benzene rings is 2. The van der Waals surface area contributed by atoms with Crippen molar-refractivity contribution in [2.75, 3.05) is 11.4 Å². The van der Waals surface area contributed by atoms with Gasteiger partial charge in [-0.2, -0.15) is 0 Å². The van der Waals surface area contributed by atoms with Gasteiger partial charge in [-0.05, 0) is 48.2 Å². The van der Waals surface area contributed by atoms with Crippen LogP contribution in [0.1, 0.15) is 49.0 Å². The van der Waals surface area contributed by atoms with Crippen molar-refractivity contribution in [3.05, 3.63) is 59.8 Å². The van der Waals surface area contributed by atoms with Crippen LogP contribution in [0.25, 0.3) is 10.9 Å². The van der Waals surface area contributed by atoms with Crippen molar-refractivity contribution >= 4 is 22.5 Å². The Hall–Kier alpha value is -3.08. The van der Waals surface area contributed by atoms with Crippen LogP contribution in [0.15, 0.2) is 48.7 Å². The summed E-state index contributed by atoms with van der Waals surface area (Å²) in [7, 11) is 0. The Balaban J connectivity index is 2.06. The van der Waals surface area contributed by atoms with E-state index in [-0.39, 0.29) is 28.9 Å². The summed E-state index contributed by atoms with van der Waals surface area (Å²) in [5.74, 6) is -0.480. The standard InChI is InChI=1S/C22H24N2O3/c1-4-10-24(16-7-8-19-15(11-16)6-5-9-23-19)22(27)18-12-17(14(2)3)20(25)13-21(18)26/h5-9,11-14,25-26H,4,10H2,1-3H3. The van der Waals surface area contributed by atoms with E-state index < -0.39 is 0 Å². The van der Waals surface area contributed by atoms with Gasteiger partial charge in [0.15, 0.2) is 0 Å². The molecule has 2 aromatic carbocycles. The first-order valence-electron chi connectivity index (χ1n) is 9.15. The van der Waals surface area contributed by atoms with Crippen LogP contribution in [0, 0.1) is 0 Å². The topological polar surface area (TPSA) is 73.7 Å². The van der Waals surface area contributed by atoms with Crippen molar-refractivity contribution in [1.82, 2.24) is 4.98 Å². The Morgan fingerprint density at radius 2 is 1.89 bits per heavy atom. The van der Waals surface area contributed by atoms with Crippen LogP contribution in [0.5, 0.6) is 11.5 Å². The monoisotopic (exact) mass is 364 g/mol. The summed E-state index contributed by atoms with van der Waals surface area (Å²) < 4.78 is 0. The average molecular weight is 364 g/mol. The van der Waals surface area contributed by atoms with Gasteiger partial charge in [0.25, 0.3) is 5.91 Å². The maximum atomic E-state index is 13.2. The van der Waals surface area contributed by atoms with Gasteiger partial charge in [0.1, 0.15) is 11.5 Å². The molecule has 0 saturated heterocycles. The Morgan fingerprint density at radius 1 is 1.11 bits per heavy atom. The highest BCUT2D eigenvalue weighted by molar-refractivity contribution is 6.08. The first-order chi connectivity index (χ1) is 12.9. The van der Waals surface area contributed by atoms with E-state index >= 15 is 0 Å². The molecule has 0 fully saturated rings. The summed E-state index contributed by atoms with van der Waals surface area (Å²) in [5.41, 5.74) is 2.44. The van der Waals surface area contributed by atoms with E-state index in [0.717, 1.165) is 23.0 Å². The molecule has 140 valence electrons. The predicted molar refractivity (Wildman–Crippen MR) is 108 cm³/mol. The van der Waals surface area contributed by atoms with Crippen molar-refractivity contribution in [2.24, 2.45) is 0 Å². The van der Waals surface area contributed by atoms with Gasteiger partial charge in [-0.25, -0.2) is 0 Å². The Morgan fingerprint density at radius 3 is 2.59 bits per heavy atom. The van der Waals surface area contributed by atoms with Gasteiger partial charge < -0.3 is 15.1 Å². The lowest BCUT2D eigenvalue weighted by molar-refractivity contribution is 0.0984. The lowest BCUT2D eigenvalue weighted by atomic mass is 9.98. The number of amides is 1. The van der Waals surface area contributed by atoms with Gasteiger partial charge in [0, 0.05) is 29.9 Å². The van der Waals surface area contributed by atoms with Crippen molar-refractivity contribution in [2.45, 2.75) is 33.1 Å². The largest absolute Gasteiger partial charge is 0.508 e. The minimum absolute atomic E-state index is 0.00197. The number of fused-ring (bicyclic) bond motifs is 1. The van der Waals surface area contributed by atoms with Crippen LogP contribution in [0.3, 0.4) is 0 Å². The summed E-state index contributed by atoms with van der Waals surface area (Å²) in [6.45, 7) is 6.38. The van der Waals surface area contributed by atoms with Crippen LogP contribution < -0.4 is 4.90 Å². The quantitative estimate of drug-likeness (QED) is 0.680. The Bertz CT molecular complexity index is 982. The number of aromatic nitrogens is 1. The number of pyridine rings is 1. The lowest BCUT2D eigenvalue weighted by Gasteiger charge is -2.24. The van der Waals surface area contributed by atoms with Crippen LogP contribution in [-0.4, -0.2) is 27.6 Å². The minimum Gasteiger partial charge on any atom is -0.508 e. The maximum Gasteiger partial charge on any atom is 0.262 e. The molecule has 0 saturated carbocycles. The lowest BCUT2D eigenvalue weighted by Crippen LogP contribution is -2.31. The van der Waals surface area contributed by atoms with Crippen LogP contribution in [0.2, 0.25) is 0 Å². The third kappa shape index (κ3) is 3.72. The minimum atomic E-state index is -0.292. The maximum absolute atomic E-state index is 13.2. The van der Waals surface area contributed by atoms with Gasteiger partial charge in [-0.1, -0.05) is 26.8 Å². The summed E-state index contributed by atoms with van der Waals surface area (Å²) in [6, 6.07) is 12.3. The molecular weight excluding hydrogens is 340 g/mol. The predicted octanol–water partition coefficient (Wildman–Crippen LogP) is 4.83. The summed E-state index contributed by atoms with van der Waals surface area (Å²) in [4.78, 5) is 19.2. The zero-order chi connectivity index (χ0) is 19.6. The molecule has 5 heteroatoms. The number of anilines is 1. The Labute approximate surface area is 158 Å². The molecule has 0 aliphatic rings. The van der Waals surface area contributed by atoms with Crippen molar-refractivity contribution in [1.29, 1.82) is 0 Å². The second-order valence-electron chi connectivity index (χ2n) is 6.92. The second-order valence-corrected chi connectivity index (χ2v) is 6.92. The zero-order valence-corrected chi connectivity index (χ0v) is 15.8. The van der Waals surface area contributed by atoms with Crippen LogP contribution in [-0.2, 0) is 0 Å². The molecule has 1 heterocycles. The first-order valence-corrected chi connectivity index (χ1v) is 9.15. The highest BCUT2D eigenvalue weighted by atomic mass is 16.3. The smallest absolute Gasteiger partial charge is 0.262 e. The highest BCUT2D eigenvalue weighted by Crippen LogP contribution is 2.34. The molecule has 0 aliphatic heterocycles. The number of nitrogens with zero attached hydrogens (tertiary/aromatic N) is 2. The fraction of sp³-hybridized carbons (Fsp3) is 0.273.